The van der Waals surface area contributed by atoms with Crippen LogP contribution in [0.15, 0.2) is 30.3 Å². The number of halogens is 1. The number of rotatable bonds is 5. The lowest BCUT2D eigenvalue weighted by Crippen LogP contribution is -2.51. The van der Waals surface area contributed by atoms with E-state index >= 15 is 0 Å². The molecule has 0 bridgehead atoms. The van der Waals surface area contributed by atoms with Crippen LogP contribution < -0.4 is 10.5 Å². The monoisotopic (exact) mass is 358 g/mol. The van der Waals surface area contributed by atoms with Crippen molar-refractivity contribution in [2.75, 3.05) is 19.7 Å². The molecule has 1 aliphatic heterocycles. The van der Waals surface area contributed by atoms with E-state index in [9.17, 15) is 0 Å². The molecule has 2 aromatic rings. The highest BCUT2D eigenvalue weighted by atomic mass is 35.5. The fraction of sp³-hybridized carbons (Fsp3) is 0.524. The van der Waals surface area contributed by atoms with Gasteiger partial charge in [-0.15, -0.1) is 0 Å². The van der Waals surface area contributed by atoms with Gasteiger partial charge in [0.05, 0.1) is 11.6 Å². The molecule has 0 spiro atoms. The Labute approximate surface area is 155 Å². The molecule has 2 N–H and O–H groups in total. The number of hydrogen-bond acceptors (Lipinski definition) is 3. The van der Waals surface area contributed by atoms with Crippen molar-refractivity contribution in [2.24, 2.45) is 11.7 Å². The summed E-state index contributed by atoms with van der Waals surface area (Å²) in [4.78, 5) is 2.45. The summed E-state index contributed by atoms with van der Waals surface area (Å²) in [7, 11) is 0. The molecule has 4 heteroatoms. The maximum Gasteiger partial charge on any atom is 0.145 e. The molecule has 0 aromatic heterocycles. The van der Waals surface area contributed by atoms with E-state index in [4.69, 9.17) is 22.1 Å². The van der Waals surface area contributed by atoms with Gasteiger partial charge in [0.1, 0.15) is 5.75 Å². The zero-order chi connectivity index (χ0) is 17.4. The molecule has 1 atom stereocenters. The largest absolute Gasteiger partial charge is 0.491 e. The van der Waals surface area contributed by atoms with Crippen LogP contribution in [0.4, 0.5) is 0 Å². The summed E-state index contributed by atoms with van der Waals surface area (Å²) in [6, 6.07) is 10.5. The van der Waals surface area contributed by atoms with Crippen molar-refractivity contribution in [3.63, 3.8) is 0 Å². The van der Waals surface area contributed by atoms with Gasteiger partial charge in [0.15, 0.2) is 0 Å². The van der Waals surface area contributed by atoms with E-state index in [2.05, 4.69) is 42.2 Å². The molecule has 2 fully saturated rings. The number of hydrogen-bond donors (Lipinski definition) is 1. The summed E-state index contributed by atoms with van der Waals surface area (Å²) < 4.78 is 6.09. The van der Waals surface area contributed by atoms with E-state index in [1.807, 2.05) is 0 Å². The van der Waals surface area contributed by atoms with E-state index in [1.165, 1.54) is 23.8 Å². The number of piperidine rings is 1. The zero-order valence-electron chi connectivity index (χ0n) is 14.9. The molecule has 134 valence electrons. The van der Waals surface area contributed by atoms with Crippen molar-refractivity contribution in [1.29, 1.82) is 0 Å². The Morgan fingerprint density at radius 3 is 2.76 bits per heavy atom. The summed E-state index contributed by atoms with van der Waals surface area (Å²) >= 11 is 6.62. The fourth-order valence-electron chi connectivity index (χ4n) is 3.90. The second kappa shape index (κ2) is 6.79. The van der Waals surface area contributed by atoms with Crippen molar-refractivity contribution in [3.05, 3.63) is 40.9 Å². The predicted octanol–water partition coefficient (Wildman–Crippen LogP) is 4.60. The Hall–Kier alpha value is -1.29. The minimum absolute atomic E-state index is 0.0921. The maximum absolute atomic E-state index is 6.62. The Morgan fingerprint density at radius 1 is 1.28 bits per heavy atom. The first-order chi connectivity index (χ1) is 12.0. The number of nitrogens with two attached hydrogens (primary N) is 1. The van der Waals surface area contributed by atoms with Gasteiger partial charge in [-0.1, -0.05) is 35.9 Å². The SMILES string of the molecule is C[C@@]1(N)CCCN(Cc2cc(Cl)c(OCC3CC3)c3ccccc23)C1. The molecule has 0 amide bonds. The lowest BCUT2D eigenvalue weighted by Gasteiger charge is -2.38. The van der Waals surface area contributed by atoms with E-state index in [-0.39, 0.29) is 5.54 Å². The third-order valence-electron chi connectivity index (χ3n) is 5.40. The first kappa shape index (κ1) is 17.1. The van der Waals surface area contributed by atoms with E-state index < -0.39 is 0 Å². The number of ether oxygens (including phenoxy) is 1. The maximum atomic E-state index is 6.62. The fourth-order valence-corrected chi connectivity index (χ4v) is 4.19. The Kier molecular flexibility index (Phi) is 4.65. The van der Waals surface area contributed by atoms with Crippen molar-refractivity contribution >= 4 is 22.4 Å². The Bertz CT molecular complexity index is 770. The van der Waals surface area contributed by atoms with Crippen molar-refractivity contribution in [1.82, 2.24) is 4.90 Å². The van der Waals surface area contributed by atoms with Gasteiger partial charge >= 0.3 is 0 Å². The summed E-state index contributed by atoms with van der Waals surface area (Å²) in [6.45, 7) is 5.84. The van der Waals surface area contributed by atoms with Crippen molar-refractivity contribution < 1.29 is 4.74 Å². The van der Waals surface area contributed by atoms with E-state index in [0.29, 0.717) is 5.92 Å². The average molecular weight is 359 g/mol. The molecule has 1 heterocycles. The van der Waals surface area contributed by atoms with Gasteiger partial charge in [-0.25, -0.2) is 0 Å². The van der Waals surface area contributed by atoms with E-state index in [1.54, 1.807) is 0 Å². The van der Waals surface area contributed by atoms with Crippen LogP contribution in [-0.2, 0) is 6.54 Å². The number of benzene rings is 2. The summed E-state index contributed by atoms with van der Waals surface area (Å²) in [5.41, 5.74) is 7.54. The topological polar surface area (TPSA) is 38.5 Å². The Balaban J connectivity index is 1.63. The highest BCUT2D eigenvalue weighted by Gasteiger charge is 2.27. The van der Waals surface area contributed by atoms with Gasteiger partial charge in [-0.3, -0.25) is 4.90 Å². The molecule has 0 unspecified atom stereocenters. The van der Waals surface area contributed by atoms with Crippen LogP contribution in [0, 0.1) is 5.92 Å². The first-order valence-electron chi connectivity index (χ1n) is 9.36. The van der Waals surface area contributed by atoms with Crippen LogP contribution in [0.5, 0.6) is 5.75 Å². The molecule has 3 nitrogen and oxygen atoms in total. The lowest BCUT2D eigenvalue weighted by atomic mass is 9.92. The highest BCUT2D eigenvalue weighted by molar-refractivity contribution is 6.33. The highest BCUT2D eigenvalue weighted by Crippen LogP contribution is 2.38. The van der Waals surface area contributed by atoms with E-state index in [0.717, 1.165) is 55.2 Å². The number of nitrogens with zero attached hydrogens (tertiary/aromatic N) is 1. The molecular weight excluding hydrogens is 332 g/mol. The number of likely N-dealkylation sites (tertiary alicyclic amines) is 1. The number of fused-ring (bicyclic) bond motifs is 1. The van der Waals surface area contributed by atoms with Crippen molar-refractivity contribution in [3.8, 4) is 5.75 Å². The minimum Gasteiger partial charge on any atom is -0.491 e. The molecule has 4 rings (SSSR count). The standard InChI is InChI=1S/C21H27ClN2O/c1-21(23)9-4-10-24(14-21)12-16-11-19(22)20(25-13-15-7-8-15)18-6-3-2-5-17(16)18/h2-3,5-6,11,15H,4,7-10,12-14,23H2,1H3/t21-/m1/s1. The van der Waals surface area contributed by atoms with Crippen LogP contribution in [0.2, 0.25) is 5.02 Å². The lowest BCUT2D eigenvalue weighted by molar-refractivity contribution is 0.154. The normalized spacial score (nSPS) is 24.6. The third-order valence-corrected chi connectivity index (χ3v) is 5.68. The predicted molar refractivity (Wildman–Crippen MR) is 104 cm³/mol. The van der Waals surface area contributed by atoms with Gasteiger partial charge in [0.25, 0.3) is 0 Å². The van der Waals surface area contributed by atoms with Crippen molar-refractivity contribution in [2.45, 2.75) is 44.7 Å². The molecule has 1 saturated carbocycles. The average Bonchev–Trinajstić information content (AvgIpc) is 3.38. The van der Waals surface area contributed by atoms with Gasteiger partial charge in [-0.05, 0) is 62.1 Å². The minimum atomic E-state index is -0.0921. The molecule has 25 heavy (non-hydrogen) atoms. The smallest absolute Gasteiger partial charge is 0.145 e. The van der Waals surface area contributed by atoms with Crippen LogP contribution in [0.1, 0.15) is 38.2 Å². The zero-order valence-corrected chi connectivity index (χ0v) is 15.7. The molecular formula is C21H27ClN2O. The molecule has 1 saturated heterocycles. The van der Waals surface area contributed by atoms with Crippen LogP contribution in [0.25, 0.3) is 10.8 Å². The molecule has 0 radical (unpaired) electrons. The van der Waals surface area contributed by atoms with Crippen LogP contribution in [0.3, 0.4) is 0 Å². The quantitative estimate of drug-likeness (QED) is 0.849. The van der Waals surface area contributed by atoms with Gasteiger partial charge in [-0.2, -0.15) is 0 Å². The third kappa shape index (κ3) is 3.94. The summed E-state index contributed by atoms with van der Waals surface area (Å²) in [6.07, 6.45) is 4.81. The van der Waals surface area contributed by atoms with Gasteiger partial charge in [0.2, 0.25) is 0 Å². The first-order valence-corrected chi connectivity index (χ1v) is 9.74. The second-order valence-corrected chi connectivity index (χ2v) is 8.52. The van der Waals surface area contributed by atoms with Gasteiger partial charge in [0, 0.05) is 24.0 Å². The molecule has 2 aromatic carbocycles. The molecule has 2 aliphatic rings. The van der Waals surface area contributed by atoms with Gasteiger partial charge < -0.3 is 10.5 Å². The van der Waals surface area contributed by atoms with Crippen LogP contribution >= 0.6 is 11.6 Å². The summed E-state index contributed by atoms with van der Waals surface area (Å²) in [5.74, 6) is 1.56. The molecule has 1 aliphatic carbocycles. The van der Waals surface area contributed by atoms with Crippen LogP contribution in [-0.4, -0.2) is 30.1 Å². The summed E-state index contributed by atoms with van der Waals surface area (Å²) in [5, 5.41) is 3.09. The second-order valence-electron chi connectivity index (χ2n) is 8.11. The Morgan fingerprint density at radius 2 is 2.04 bits per heavy atom.